The lowest BCUT2D eigenvalue weighted by Gasteiger charge is -2.07. The predicted octanol–water partition coefficient (Wildman–Crippen LogP) is 4.33. The summed E-state index contributed by atoms with van der Waals surface area (Å²) in [7, 11) is 0. The van der Waals surface area contributed by atoms with E-state index in [1.165, 1.54) is 6.07 Å². The van der Waals surface area contributed by atoms with Crippen LogP contribution in [0.2, 0.25) is 0 Å². The Morgan fingerprint density at radius 3 is 2.11 bits per heavy atom. The molecule has 0 aliphatic heterocycles. The first-order chi connectivity index (χ1) is 8.59. The van der Waals surface area contributed by atoms with Crippen LogP contribution < -0.4 is 0 Å². The van der Waals surface area contributed by atoms with Crippen LogP contribution >= 0.6 is 0 Å². The minimum atomic E-state index is -2.22. The molecule has 4 heteroatoms. The second-order valence-electron chi connectivity index (χ2n) is 3.82. The number of hydrogen-bond donors (Lipinski definition) is 0. The zero-order chi connectivity index (χ0) is 13.1. The van der Waals surface area contributed by atoms with Gasteiger partial charge in [-0.15, -0.1) is 0 Å². The molecule has 93 valence electrons. The molecule has 0 heterocycles. The summed E-state index contributed by atoms with van der Waals surface area (Å²) in [4.78, 5) is 0. The van der Waals surface area contributed by atoms with E-state index in [0.29, 0.717) is 0 Å². The number of rotatable bonds is 3. The zero-order valence-corrected chi connectivity index (χ0v) is 9.26. The molecule has 0 spiro atoms. The molecule has 18 heavy (non-hydrogen) atoms. The third-order valence-electron chi connectivity index (χ3n) is 2.60. The van der Waals surface area contributed by atoms with Gasteiger partial charge in [0.15, 0.2) is 11.6 Å². The number of hydrogen-bond acceptors (Lipinski definition) is 0. The maximum atomic E-state index is 13.6. The summed E-state index contributed by atoms with van der Waals surface area (Å²) in [6.07, 6.45) is -2.06. The van der Waals surface area contributed by atoms with E-state index in [4.69, 9.17) is 0 Å². The molecule has 2 rings (SSSR count). The summed E-state index contributed by atoms with van der Waals surface area (Å²) in [6.45, 7) is 0. The highest BCUT2D eigenvalue weighted by molar-refractivity contribution is 5.34. The van der Waals surface area contributed by atoms with Crippen LogP contribution in [-0.2, 0) is 6.42 Å². The molecule has 0 fully saturated rings. The van der Waals surface area contributed by atoms with Gasteiger partial charge in [0.2, 0.25) is 0 Å². The first-order valence-corrected chi connectivity index (χ1v) is 5.28. The van der Waals surface area contributed by atoms with Crippen molar-refractivity contribution < 1.29 is 17.6 Å². The first-order valence-electron chi connectivity index (χ1n) is 5.28. The maximum absolute atomic E-state index is 13.6. The van der Waals surface area contributed by atoms with E-state index in [9.17, 15) is 17.6 Å². The van der Waals surface area contributed by atoms with Crippen molar-refractivity contribution in [3.8, 4) is 0 Å². The van der Waals surface area contributed by atoms with Gasteiger partial charge in [-0.3, -0.25) is 0 Å². The van der Waals surface area contributed by atoms with Gasteiger partial charge < -0.3 is 0 Å². The molecule has 2 aromatic carbocycles. The zero-order valence-electron chi connectivity index (χ0n) is 9.26. The van der Waals surface area contributed by atoms with E-state index in [1.54, 1.807) is 30.3 Å². The van der Waals surface area contributed by atoms with Gasteiger partial charge in [0, 0.05) is 6.42 Å². The van der Waals surface area contributed by atoms with E-state index in [-0.39, 0.29) is 12.0 Å². The lowest BCUT2D eigenvalue weighted by Crippen LogP contribution is -2.01. The van der Waals surface area contributed by atoms with Crippen molar-refractivity contribution in [2.45, 2.75) is 6.42 Å². The van der Waals surface area contributed by atoms with Crippen molar-refractivity contribution in [1.29, 1.82) is 0 Å². The molecule has 0 atom stereocenters. The Balaban J connectivity index is 2.33. The third-order valence-corrected chi connectivity index (χ3v) is 2.60. The maximum Gasteiger partial charge on any atom is 0.342 e. The van der Waals surface area contributed by atoms with Gasteiger partial charge in [-0.05, 0) is 17.2 Å². The van der Waals surface area contributed by atoms with E-state index in [1.807, 2.05) is 0 Å². The van der Waals surface area contributed by atoms with Crippen LogP contribution in [0.15, 0.2) is 42.5 Å². The van der Waals surface area contributed by atoms with E-state index in [2.05, 4.69) is 0 Å². The number of benzene rings is 2. The standard InChI is InChI=1S/C14H9F4/c15-12-10(8-9-4-2-1-3-5-9)6-7-11(13(12)16)14(17)18/h1-7H,8H2. The van der Waals surface area contributed by atoms with Crippen LogP contribution in [-0.4, -0.2) is 0 Å². The smallest absolute Gasteiger partial charge is 0.203 e. The molecule has 0 unspecified atom stereocenters. The summed E-state index contributed by atoms with van der Waals surface area (Å²) in [5.74, 6) is -2.72. The van der Waals surface area contributed by atoms with Gasteiger partial charge in [-0.2, -0.15) is 8.78 Å². The molecular weight excluding hydrogens is 244 g/mol. The third kappa shape index (κ3) is 2.53. The summed E-state index contributed by atoms with van der Waals surface area (Å²) < 4.78 is 51.5. The van der Waals surface area contributed by atoms with Crippen molar-refractivity contribution in [3.63, 3.8) is 0 Å². The Morgan fingerprint density at radius 2 is 1.50 bits per heavy atom. The van der Waals surface area contributed by atoms with Crippen molar-refractivity contribution in [2.24, 2.45) is 0 Å². The Kier molecular flexibility index (Phi) is 3.65. The summed E-state index contributed by atoms with van der Waals surface area (Å²) in [5, 5.41) is 0. The molecule has 2 aromatic rings. The van der Waals surface area contributed by atoms with Crippen molar-refractivity contribution in [2.75, 3.05) is 0 Å². The van der Waals surface area contributed by atoms with Gasteiger partial charge in [-0.25, -0.2) is 8.78 Å². The number of halogens is 4. The van der Waals surface area contributed by atoms with Crippen molar-refractivity contribution >= 4 is 0 Å². The largest absolute Gasteiger partial charge is 0.342 e. The molecule has 0 N–H and O–H groups in total. The van der Waals surface area contributed by atoms with Crippen LogP contribution in [0.5, 0.6) is 0 Å². The molecule has 1 radical (unpaired) electrons. The minimum Gasteiger partial charge on any atom is -0.203 e. The molecule has 0 bridgehead atoms. The fourth-order valence-corrected chi connectivity index (χ4v) is 1.69. The average Bonchev–Trinajstić information content (AvgIpc) is 2.36. The molecule has 0 amide bonds. The highest BCUT2D eigenvalue weighted by Gasteiger charge is 2.21. The van der Waals surface area contributed by atoms with Crippen LogP contribution in [0.25, 0.3) is 0 Å². The van der Waals surface area contributed by atoms with Crippen LogP contribution in [0.1, 0.15) is 16.7 Å². The summed E-state index contributed by atoms with van der Waals surface area (Å²) in [5.41, 5.74) is -0.138. The van der Waals surface area contributed by atoms with E-state index < -0.39 is 23.6 Å². The van der Waals surface area contributed by atoms with Crippen molar-refractivity contribution in [3.05, 3.63) is 77.2 Å². The second kappa shape index (κ2) is 5.21. The average molecular weight is 253 g/mol. The molecular formula is C14H9F4. The van der Waals surface area contributed by atoms with Gasteiger partial charge in [0.25, 0.3) is 0 Å². The topological polar surface area (TPSA) is 0 Å². The minimum absolute atomic E-state index is 0.0590. The monoisotopic (exact) mass is 253 g/mol. The van der Waals surface area contributed by atoms with Gasteiger partial charge >= 0.3 is 6.43 Å². The first kappa shape index (κ1) is 12.6. The van der Waals surface area contributed by atoms with Crippen LogP contribution in [0, 0.1) is 18.1 Å². The fourth-order valence-electron chi connectivity index (χ4n) is 1.69. The Hall–Kier alpha value is -1.84. The lowest BCUT2D eigenvalue weighted by atomic mass is 10.0. The normalized spacial score (nSPS) is 10.9. The van der Waals surface area contributed by atoms with Crippen LogP contribution in [0.4, 0.5) is 17.6 Å². The molecule has 0 saturated heterocycles. The lowest BCUT2D eigenvalue weighted by molar-refractivity contribution is 0.313. The Labute approximate surface area is 102 Å². The quantitative estimate of drug-likeness (QED) is 0.714. The molecule has 0 aromatic heterocycles. The van der Waals surface area contributed by atoms with Crippen molar-refractivity contribution in [1.82, 2.24) is 0 Å². The highest BCUT2D eigenvalue weighted by Crippen LogP contribution is 2.25. The summed E-state index contributed by atoms with van der Waals surface area (Å²) >= 11 is 0. The van der Waals surface area contributed by atoms with E-state index in [0.717, 1.165) is 11.6 Å². The molecule has 0 nitrogen and oxygen atoms in total. The Bertz CT molecular complexity index is 535. The summed E-state index contributed by atoms with van der Waals surface area (Å²) in [6, 6.07) is 10.9. The van der Waals surface area contributed by atoms with E-state index >= 15 is 0 Å². The molecule has 0 saturated carbocycles. The fraction of sp³-hybridized carbons (Fsp3) is 0.0714. The van der Waals surface area contributed by atoms with Crippen LogP contribution in [0.3, 0.4) is 0 Å². The predicted molar refractivity (Wildman–Crippen MR) is 60.2 cm³/mol. The van der Waals surface area contributed by atoms with Gasteiger partial charge in [0.05, 0.1) is 5.56 Å². The molecule has 0 aliphatic rings. The molecule has 0 aliphatic carbocycles. The highest BCUT2D eigenvalue weighted by atomic mass is 19.3. The van der Waals surface area contributed by atoms with Gasteiger partial charge in [-0.1, -0.05) is 36.4 Å². The van der Waals surface area contributed by atoms with Gasteiger partial charge in [0.1, 0.15) is 0 Å². The SMILES string of the molecule is F[C](F)c1ccc(Cc2ccccc2)c(F)c1F. The second-order valence-corrected chi connectivity index (χ2v) is 3.82. The Morgan fingerprint density at radius 1 is 0.833 bits per heavy atom.